The first-order chi connectivity index (χ1) is 11.7. The van der Waals surface area contributed by atoms with Crippen molar-refractivity contribution in [2.24, 2.45) is 5.92 Å². The van der Waals surface area contributed by atoms with E-state index in [-0.39, 0.29) is 18.3 Å². The lowest BCUT2D eigenvalue weighted by Crippen LogP contribution is -2.42. The van der Waals surface area contributed by atoms with E-state index < -0.39 is 0 Å². The van der Waals surface area contributed by atoms with Crippen LogP contribution in [-0.2, 0) is 0 Å². The highest BCUT2D eigenvalue weighted by Gasteiger charge is 2.31. The van der Waals surface area contributed by atoms with Gasteiger partial charge in [0.05, 0.1) is 16.6 Å². The number of piperidine rings is 1. The monoisotopic (exact) mass is 364 g/mol. The molecule has 2 fully saturated rings. The second-order valence-electron chi connectivity index (χ2n) is 7.13. The smallest absolute Gasteiger partial charge is 0.259 e. The first-order valence-corrected chi connectivity index (χ1v) is 8.88. The highest BCUT2D eigenvalue weighted by Crippen LogP contribution is 2.40. The summed E-state index contributed by atoms with van der Waals surface area (Å²) in [7, 11) is 1.97. The lowest BCUT2D eigenvalue weighted by Gasteiger charge is -2.33. The van der Waals surface area contributed by atoms with E-state index in [1.165, 1.54) is 6.42 Å². The first-order valence-electron chi connectivity index (χ1n) is 8.88. The number of halogens is 1. The molecule has 6 nitrogen and oxygen atoms in total. The van der Waals surface area contributed by atoms with Gasteiger partial charge in [-0.1, -0.05) is 5.16 Å². The Morgan fingerprint density at radius 2 is 2.20 bits per heavy atom. The Kier molecular flexibility index (Phi) is 5.29. The summed E-state index contributed by atoms with van der Waals surface area (Å²) in [5.74, 6) is 1.10. The molecule has 25 heavy (non-hydrogen) atoms. The van der Waals surface area contributed by atoms with E-state index in [1.807, 2.05) is 24.9 Å². The Morgan fingerprint density at radius 1 is 1.40 bits per heavy atom. The zero-order chi connectivity index (χ0) is 16.7. The van der Waals surface area contributed by atoms with Crippen LogP contribution in [0, 0.1) is 12.8 Å². The minimum absolute atomic E-state index is 0. The molecule has 7 heteroatoms. The number of fused-ring (bicyclic) bond motifs is 1. The van der Waals surface area contributed by atoms with Gasteiger partial charge in [-0.15, -0.1) is 12.4 Å². The molecule has 3 heterocycles. The Labute approximate surface area is 153 Å². The predicted octanol–water partition coefficient (Wildman–Crippen LogP) is 2.90. The van der Waals surface area contributed by atoms with Crippen molar-refractivity contribution in [3.8, 4) is 0 Å². The Bertz CT molecular complexity index is 770. The molecule has 2 aromatic rings. The van der Waals surface area contributed by atoms with Gasteiger partial charge in [0.25, 0.3) is 11.6 Å². The van der Waals surface area contributed by atoms with Gasteiger partial charge in [-0.3, -0.25) is 4.79 Å². The molecule has 136 valence electrons. The zero-order valence-electron chi connectivity index (χ0n) is 14.7. The number of nitrogens with zero attached hydrogens (tertiary/aromatic N) is 3. The van der Waals surface area contributed by atoms with Gasteiger partial charge in [0, 0.05) is 24.7 Å². The normalized spacial score (nSPS) is 20.6. The molecule has 0 aromatic carbocycles. The van der Waals surface area contributed by atoms with E-state index in [1.54, 1.807) is 0 Å². The van der Waals surface area contributed by atoms with E-state index in [9.17, 15) is 4.79 Å². The average molecular weight is 365 g/mol. The number of carbonyl (C=O) groups is 1. The van der Waals surface area contributed by atoms with Gasteiger partial charge >= 0.3 is 0 Å². The van der Waals surface area contributed by atoms with Crippen molar-refractivity contribution >= 4 is 29.4 Å². The fraction of sp³-hybridized carbons (Fsp3) is 0.611. The van der Waals surface area contributed by atoms with Crippen molar-refractivity contribution in [1.82, 2.24) is 20.4 Å². The number of rotatable bonds is 4. The van der Waals surface area contributed by atoms with Gasteiger partial charge in [0.15, 0.2) is 0 Å². The van der Waals surface area contributed by atoms with Gasteiger partial charge in [0.2, 0.25) is 0 Å². The number of hydrogen-bond donors (Lipinski definition) is 1. The lowest BCUT2D eigenvalue weighted by atomic mass is 9.97. The number of aromatic nitrogens is 2. The minimum Gasteiger partial charge on any atom is -0.338 e. The second-order valence-corrected chi connectivity index (χ2v) is 7.13. The molecule has 1 aliphatic heterocycles. The van der Waals surface area contributed by atoms with Gasteiger partial charge in [-0.2, -0.15) is 0 Å². The summed E-state index contributed by atoms with van der Waals surface area (Å²) in [6.45, 7) is 4.47. The molecule has 1 saturated heterocycles. The maximum atomic E-state index is 13.2. The van der Waals surface area contributed by atoms with Gasteiger partial charge in [-0.25, -0.2) is 4.98 Å². The fourth-order valence-corrected chi connectivity index (χ4v) is 3.75. The van der Waals surface area contributed by atoms with Crippen molar-refractivity contribution in [3.63, 3.8) is 0 Å². The molecule has 1 amide bonds. The summed E-state index contributed by atoms with van der Waals surface area (Å²) in [4.78, 5) is 19.8. The summed E-state index contributed by atoms with van der Waals surface area (Å²) in [5.41, 5.74) is 2.94. The quantitative estimate of drug-likeness (QED) is 0.903. The standard InChI is InChI=1S/C18H24N4O2.ClH/c1-11-16-14(8-15(13-5-6-13)20-17(16)24-21-11)18(23)22-7-3-4-12(10-22)9-19-2;/h8,12-13,19H,3-7,9-10H2,1-2H3;1H. The molecule has 0 radical (unpaired) electrons. The van der Waals surface area contributed by atoms with E-state index in [4.69, 9.17) is 4.52 Å². The number of likely N-dealkylation sites (tertiary alicyclic amines) is 1. The molecule has 1 saturated carbocycles. The molecule has 1 aliphatic carbocycles. The SMILES string of the molecule is CNCC1CCCN(C(=O)c2cc(C3CC3)nc3onc(C)c23)C1.Cl. The maximum absolute atomic E-state index is 13.2. The van der Waals surface area contributed by atoms with Crippen LogP contribution in [0.25, 0.3) is 11.1 Å². The van der Waals surface area contributed by atoms with E-state index in [2.05, 4.69) is 15.5 Å². The maximum Gasteiger partial charge on any atom is 0.259 e. The Balaban J connectivity index is 0.00000182. The summed E-state index contributed by atoms with van der Waals surface area (Å²) in [6.07, 6.45) is 4.53. The third-order valence-corrected chi connectivity index (χ3v) is 5.16. The van der Waals surface area contributed by atoms with Crippen molar-refractivity contribution in [2.45, 2.75) is 38.5 Å². The molecule has 1 unspecified atom stereocenters. The van der Waals surface area contributed by atoms with Crippen LogP contribution in [0.1, 0.15) is 53.3 Å². The van der Waals surface area contributed by atoms with Crippen LogP contribution in [0.4, 0.5) is 0 Å². The van der Waals surface area contributed by atoms with Crippen LogP contribution >= 0.6 is 12.4 Å². The third-order valence-electron chi connectivity index (χ3n) is 5.16. The van der Waals surface area contributed by atoms with Crippen LogP contribution in [-0.4, -0.2) is 47.6 Å². The summed E-state index contributed by atoms with van der Waals surface area (Å²) < 4.78 is 5.36. The molecule has 2 aromatic heterocycles. The van der Waals surface area contributed by atoms with E-state index in [0.29, 0.717) is 23.1 Å². The zero-order valence-corrected chi connectivity index (χ0v) is 15.6. The fourth-order valence-electron chi connectivity index (χ4n) is 3.75. The highest BCUT2D eigenvalue weighted by atomic mass is 35.5. The minimum atomic E-state index is 0. The van der Waals surface area contributed by atoms with E-state index >= 15 is 0 Å². The van der Waals surface area contributed by atoms with Crippen LogP contribution in [0.2, 0.25) is 0 Å². The van der Waals surface area contributed by atoms with Crippen LogP contribution in [0.5, 0.6) is 0 Å². The Morgan fingerprint density at radius 3 is 2.92 bits per heavy atom. The van der Waals surface area contributed by atoms with Gasteiger partial charge < -0.3 is 14.7 Å². The summed E-state index contributed by atoms with van der Waals surface area (Å²) >= 11 is 0. The van der Waals surface area contributed by atoms with Gasteiger partial charge in [-0.05, 0) is 58.2 Å². The highest BCUT2D eigenvalue weighted by molar-refractivity contribution is 6.06. The summed E-state index contributed by atoms with van der Waals surface area (Å²) in [6, 6.07) is 1.98. The molecular formula is C18H25ClN4O2. The van der Waals surface area contributed by atoms with Crippen molar-refractivity contribution in [1.29, 1.82) is 0 Å². The van der Waals surface area contributed by atoms with Gasteiger partial charge in [0.1, 0.15) is 0 Å². The second kappa shape index (κ2) is 7.30. The van der Waals surface area contributed by atoms with Crippen LogP contribution < -0.4 is 5.32 Å². The average Bonchev–Trinajstić information content (AvgIpc) is 3.38. The number of aryl methyl sites for hydroxylation is 1. The number of carbonyl (C=O) groups excluding carboxylic acids is 1. The first kappa shape index (κ1) is 18.1. The number of nitrogens with one attached hydrogen (secondary N) is 1. The summed E-state index contributed by atoms with van der Waals surface area (Å²) in [5, 5.41) is 8.04. The number of amides is 1. The molecule has 0 spiro atoms. The molecule has 4 rings (SSSR count). The molecule has 1 atom stereocenters. The molecule has 2 aliphatic rings. The predicted molar refractivity (Wildman–Crippen MR) is 98.3 cm³/mol. The van der Waals surface area contributed by atoms with Crippen molar-refractivity contribution in [3.05, 3.63) is 23.0 Å². The molecular weight excluding hydrogens is 340 g/mol. The molecule has 0 bridgehead atoms. The van der Waals surface area contributed by atoms with Crippen molar-refractivity contribution in [2.75, 3.05) is 26.7 Å². The van der Waals surface area contributed by atoms with E-state index in [0.717, 1.165) is 55.7 Å². The topological polar surface area (TPSA) is 71.3 Å². The third kappa shape index (κ3) is 3.51. The van der Waals surface area contributed by atoms with Crippen LogP contribution in [0.3, 0.4) is 0 Å². The lowest BCUT2D eigenvalue weighted by molar-refractivity contribution is 0.0676. The molecule has 1 N–H and O–H groups in total. The van der Waals surface area contributed by atoms with Crippen LogP contribution in [0.15, 0.2) is 10.6 Å². The largest absolute Gasteiger partial charge is 0.338 e. The van der Waals surface area contributed by atoms with Crippen molar-refractivity contribution < 1.29 is 9.32 Å². The number of pyridine rings is 1. The number of hydrogen-bond acceptors (Lipinski definition) is 5. The Hall–Kier alpha value is -1.66.